The summed E-state index contributed by atoms with van der Waals surface area (Å²) in [4.78, 5) is 29.3. The highest BCUT2D eigenvalue weighted by Gasteiger charge is 2.22. The second-order valence-corrected chi connectivity index (χ2v) is 9.06. The van der Waals surface area contributed by atoms with Gasteiger partial charge in [0.05, 0.1) is 16.4 Å². The van der Waals surface area contributed by atoms with Crippen molar-refractivity contribution in [1.29, 1.82) is 0 Å². The number of pyridine rings is 1. The molecule has 0 saturated heterocycles. The topological polar surface area (TPSA) is 68.3 Å². The Morgan fingerprint density at radius 3 is 2.68 bits per heavy atom. The van der Waals surface area contributed by atoms with Gasteiger partial charge in [-0.25, -0.2) is 0 Å². The van der Waals surface area contributed by atoms with E-state index in [1.807, 2.05) is 50.2 Å². The van der Waals surface area contributed by atoms with E-state index < -0.39 is 5.60 Å². The highest BCUT2D eigenvalue weighted by atomic mass is 35.5. The van der Waals surface area contributed by atoms with Crippen LogP contribution in [0.4, 0.5) is 0 Å². The molecule has 0 radical (unpaired) electrons. The van der Waals surface area contributed by atoms with Crippen LogP contribution >= 0.6 is 22.9 Å². The van der Waals surface area contributed by atoms with Crippen molar-refractivity contribution in [2.45, 2.75) is 26.4 Å². The van der Waals surface area contributed by atoms with Crippen LogP contribution in [-0.4, -0.2) is 28.8 Å². The fourth-order valence-corrected chi connectivity index (χ4v) is 3.87. The number of hydrogen-bond donors (Lipinski definition) is 1. The number of nitrogens with zero attached hydrogens (tertiary/aromatic N) is 1. The zero-order valence-corrected chi connectivity index (χ0v) is 19.1. The van der Waals surface area contributed by atoms with Crippen LogP contribution in [-0.2, 0) is 4.79 Å². The molecule has 0 bridgehead atoms. The minimum absolute atomic E-state index is 0.0429. The van der Waals surface area contributed by atoms with Crippen LogP contribution in [0.15, 0.2) is 60.9 Å². The molecule has 0 fully saturated rings. The number of Topliss-reactive ketones (excluding diaryl/α,β-unsaturated/α-hetero) is 1. The summed E-state index contributed by atoms with van der Waals surface area (Å²) < 4.78 is 6.05. The number of ether oxygens (including phenoxy) is 1. The summed E-state index contributed by atoms with van der Waals surface area (Å²) in [7, 11) is 0. The second-order valence-electron chi connectivity index (χ2n) is 7.56. The van der Waals surface area contributed by atoms with Gasteiger partial charge < -0.3 is 10.1 Å². The maximum Gasteiger partial charge on any atom is 0.244 e. The van der Waals surface area contributed by atoms with Crippen LogP contribution in [0.1, 0.15) is 36.0 Å². The third-order valence-electron chi connectivity index (χ3n) is 4.36. The lowest BCUT2D eigenvalue weighted by atomic mass is 10.1. The van der Waals surface area contributed by atoms with Crippen molar-refractivity contribution in [1.82, 2.24) is 10.3 Å². The average molecular weight is 455 g/mol. The third-order valence-corrected chi connectivity index (χ3v) is 5.89. The molecule has 0 aliphatic heterocycles. The van der Waals surface area contributed by atoms with Crippen LogP contribution in [0, 0.1) is 0 Å². The Bertz CT molecular complexity index is 1110. The first kappa shape index (κ1) is 22.7. The van der Waals surface area contributed by atoms with Gasteiger partial charge in [0.15, 0.2) is 5.78 Å². The van der Waals surface area contributed by atoms with Gasteiger partial charge in [0.25, 0.3) is 0 Å². The van der Waals surface area contributed by atoms with Crippen molar-refractivity contribution < 1.29 is 14.3 Å². The first-order chi connectivity index (χ1) is 14.7. The normalized spacial score (nSPS) is 11.5. The number of nitrogens with one attached hydrogen (secondary N) is 1. The Morgan fingerprint density at radius 1 is 1.23 bits per heavy atom. The first-order valence-corrected chi connectivity index (χ1v) is 10.9. The van der Waals surface area contributed by atoms with E-state index >= 15 is 0 Å². The Morgan fingerprint density at radius 2 is 2.03 bits per heavy atom. The Kier molecular flexibility index (Phi) is 7.25. The molecule has 1 N–H and O–H groups in total. The maximum absolute atomic E-state index is 12.1. The van der Waals surface area contributed by atoms with Gasteiger partial charge in [0.2, 0.25) is 5.91 Å². The van der Waals surface area contributed by atoms with E-state index in [-0.39, 0.29) is 11.7 Å². The Balaban J connectivity index is 1.60. The van der Waals surface area contributed by atoms with Gasteiger partial charge in [-0.3, -0.25) is 14.6 Å². The molecule has 0 atom stereocenters. The maximum atomic E-state index is 12.1. The second kappa shape index (κ2) is 9.90. The molecule has 0 saturated carbocycles. The van der Waals surface area contributed by atoms with Crippen molar-refractivity contribution in [2.75, 3.05) is 6.54 Å². The standard InChI is InChI=1S/C24H23ClN2O3S/c1-16(28)21-9-10-22(31-21)18-7-8-20(19(25)13-18)30-24(2,3)15-27-23(29)11-6-17-5-4-12-26-14-17/h4-14H,15H2,1-3H3,(H,27,29). The summed E-state index contributed by atoms with van der Waals surface area (Å²) in [6, 6.07) is 12.9. The van der Waals surface area contributed by atoms with E-state index in [2.05, 4.69) is 10.3 Å². The number of amides is 1. The summed E-state index contributed by atoms with van der Waals surface area (Å²) in [5.41, 5.74) is 1.09. The van der Waals surface area contributed by atoms with Crippen LogP contribution in [0.5, 0.6) is 5.75 Å². The van der Waals surface area contributed by atoms with Crippen LogP contribution < -0.4 is 10.1 Å². The number of halogens is 1. The molecule has 7 heteroatoms. The van der Waals surface area contributed by atoms with Crippen molar-refractivity contribution in [3.63, 3.8) is 0 Å². The number of rotatable bonds is 8. The van der Waals surface area contributed by atoms with E-state index in [0.717, 1.165) is 16.0 Å². The van der Waals surface area contributed by atoms with Crippen LogP contribution in [0.25, 0.3) is 16.5 Å². The molecule has 1 aromatic carbocycles. The van der Waals surface area contributed by atoms with Crippen molar-refractivity contribution >= 4 is 40.7 Å². The summed E-state index contributed by atoms with van der Waals surface area (Å²) in [5, 5.41) is 3.30. The molecule has 0 aliphatic carbocycles. The van der Waals surface area contributed by atoms with Crippen molar-refractivity contribution in [3.05, 3.63) is 76.4 Å². The lowest BCUT2D eigenvalue weighted by molar-refractivity contribution is -0.117. The van der Waals surface area contributed by atoms with Gasteiger partial charge in [0, 0.05) is 23.3 Å². The molecule has 0 spiro atoms. The molecular formula is C24H23ClN2O3S. The molecule has 2 heterocycles. The summed E-state index contributed by atoms with van der Waals surface area (Å²) in [5.74, 6) is 0.348. The molecule has 31 heavy (non-hydrogen) atoms. The minimum Gasteiger partial charge on any atom is -0.484 e. The van der Waals surface area contributed by atoms with Crippen molar-refractivity contribution in [3.8, 4) is 16.2 Å². The van der Waals surface area contributed by atoms with E-state index in [1.165, 1.54) is 17.4 Å². The number of thiophene rings is 1. The molecule has 2 aromatic heterocycles. The summed E-state index contributed by atoms with van der Waals surface area (Å²) >= 11 is 7.87. The summed E-state index contributed by atoms with van der Waals surface area (Å²) in [6.07, 6.45) is 6.53. The van der Waals surface area contributed by atoms with E-state index in [9.17, 15) is 9.59 Å². The van der Waals surface area contributed by atoms with Gasteiger partial charge in [0.1, 0.15) is 11.4 Å². The number of aromatic nitrogens is 1. The van der Waals surface area contributed by atoms with E-state index in [0.29, 0.717) is 22.2 Å². The zero-order valence-electron chi connectivity index (χ0n) is 17.5. The monoisotopic (exact) mass is 454 g/mol. The molecule has 0 unspecified atom stereocenters. The fourth-order valence-electron chi connectivity index (χ4n) is 2.76. The average Bonchev–Trinajstić information content (AvgIpc) is 3.24. The van der Waals surface area contributed by atoms with Gasteiger partial charge in [-0.2, -0.15) is 0 Å². The van der Waals surface area contributed by atoms with Crippen LogP contribution in [0.2, 0.25) is 5.02 Å². The van der Waals surface area contributed by atoms with Gasteiger partial charge in [-0.05, 0) is 74.4 Å². The molecule has 160 valence electrons. The predicted molar refractivity (Wildman–Crippen MR) is 126 cm³/mol. The van der Waals surface area contributed by atoms with Gasteiger partial charge in [-0.1, -0.05) is 17.7 Å². The lowest BCUT2D eigenvalue weighted by Gasteiger charge is -2.27. The number of hydrogen-bond acceptors (Lipinski definition) is 5. The Labute approximate surface area is 190 Å². The van der Waals surface area contributed by atoms with Crippen LogP contribution in [0.3, 0.4) is 0 Å². The van der Waals surface area contributed by atoms with E-state index in [4.69, 9.17) is 16.3 Å². The highest BCUT2D eigenvalue weighted by molar-refractivity contribution is 7.17. The Hall–Kier alpha value is -2.96. The van der Waals surface area contributed by atoms with Gasteiger partial charge >= 0.3 is 0 Å². The SMILES string of the molecule is CC(=O)c1ccc(-c2ccc(OC(C)(C)CNC(=O)C=Cc3cccnc3)c(Cl)c2)s1. The molecule has 5 nitrogen and oxygen atoms in total. The van der Waals surface area contributed by atoms with Gasteiger partial charge in [-0.15, -0.1) is 11.3 Å². The highest BCUT2D eigenvalue weighted by Crippen LogP contribution is 2.35. The summed E-state index contributed by atoms with van der Waals surface area (Å²) in [6.45, 7) is 5.60. The predicted octanol–water partition coefficient (Wildman–Crippen LogP) is 5.65. The quantitative estimate of drug-likeness (QED) is 0.352. The molecule has 1 amide bonds. The van der Waals surface area contributed by atoms with E-state index in [1.54, 1.807) is 31.5 Å². The molecular weight excluding hydrogens is 432 g/mol. The number of carbonyl (C=O) groups excluding carboxylic acids is 2. The number of benzene rings is 1. The first-order valence-electron chi connectivity index (χ1n) is 9.69. The lowest BCUT2D eigenvalue weighted by Crippen LogP contribution is -2.42. The number of carbonyl (C=O) groups is 2. The minimum atomic E-state index is -0.673. The molecule has 3 rings (SSSR count). The molecule has 3 aromatic rings. The van der Waals surface area contributed by atoms with Crippen molar-refractivity contribution in [2.24, 2.45) is 0 Å². The zero-order chi connectivity index (χ0) is 22.4. The third kappa shape index (κ3) is 6.51. The number of ketones is 1. The fraction of sp³-hybridized carbons (Fsp3) is 0.208. The largest absolute Gasteiger partial charge is 0.484 e. The smallest absolute Gasteiger partial charge is 0.244 e. The molecule has 0 aliphatic rings.